The fraction of sp³-hybridized carbons (Fsp3) is 0.538. The predicted octanol–water partition coefficient (Wildman–Crippen LogP) is 2.18. The van der Waals surface area contributed by atoms with Gasteiger partial charge < -0.3 is 10.6 Å². The Morgan fingerprint density at radius 3 is 2.75 bits per heavy atom. The highest BCUT2D eigenvalue weighted by Gasteiger charge is 2.37. The van der Waals surface area contributed by atoms with Crippen molar-refractivity contribution in [1.82, 2.24) is 4.90 Å². The molecule has 2 N–H and O–H groups in total. The van der Waals surface area contributed by atoms with Crippen molar-refractivity contribution in [2.24, 2.45) is 5.73 Å². The molecule has 1 fully saturated rings. The van der Waals surface area contributed by atoms with Crippen LogP contribution < -0.4 is 5.73 Å². The van der Waals surface area contributed by atoms with Gasteiger partial charge in [-0.3, -0.25) is 0 Å². The van der Waals surface area contributed by atoms with Gasteiger partial charge in [0.05, 0.1) is 0 Å². The zero-order valence-corrected chi connectivity index (χ0v) is 10.7. The van der Waals surface area contributed by atoms with Crippen molar-refractivity contribution >= 4 is 11.6 Å². The van der Waals surface area contributed by atoms with Crippen molar-refractivity contribution in [2.75, 3.05) is 26.7 Å². The van der Waals surface area contributed by atoms with E-state index in [9.17, 15) is 0 Å². The first-order valence-electron chi connectivity index (χ1n) is 5.73. The van der Waals surface area contributed by atoms with Crippen LogP contribution in [0.3, 0.4) is 0 Å². The average molecular weight is 239 g/mol. The minimum absolute atomic E-state index is 0.128. The van der Waals surface area contributed by atoms with Crippen LogP contribution in [0, 0.1) is 6.92 Å². The molecule has 0 aliphatic carbocycles. The molecule has 1 aromatic rings. The van der Waals surface area contributed by atoms with Gasteiger partial charge in [-0.1, -0.05) is 17.7 Å². The molecule has 0 radical (unpaired) electrons. The molecule has 0 saturated carbocycles. The molecule has 1 aromatic carbocycles. The number of likely N-dealkylation sites (tertiary alicyclic amines) is 1. The summed E-state index contributed by atoms with van der Waals surface area (Å²) in [5, 5.41) is 0.805. The minimum Gasteiger partial charge on any atom is -0.330 e. The summed E-state index contributed by atoms with van der Waals surface area (Å²) >= 11 is 6.00. The number of aryl methyl sites for hydroxylation is 1. The van der Waals surface area contributed by atoms with E-state index >= 15 is 0 Å². The Balaban J connectivity index is 2.41. The third-order valence-electron chi connectivity index (χ3n) is 3.70. The second kappa shape index (κ2) is 4.36. The first-order chi connectivity index (χ1) is 7.57. The summed E-state index contributed by atoms with van der Waals surface area (Å²) in [6.07, 6.45) is 1.14. The highest BCUT2D eigenvalue weighted by molar-refractivity contribution is 6.30. The van der Waals surface area contributed by atoms with Crippen LogP contribution in [-0.4, -0.2) is 31.6 Å². The van der Waals surface area contributed by atoms with E-state index in [2.05, 4.69) is 24.9 Å². The van der Waals surface area contributed by atoms with Gasteiger partial charge in [0.2, 0.25) is 0 Å². The maximum atomic E-state index is 6.01. The van der Waals surface area contributed by atoms with E-state index in [0.717, 1.165) is 24.5 Å². The SMILES string of the molecule is Cc1cc(Cl)ccc1C1(CN)CCN(C)C1. The molecule has 3 heteroatoms. The molecule has 0 bridgehead atoms. The van der Waals surface area contributed by atoms with Crippen molar-refractivity contribution in [2.45, 2.75) is 18.8 Å². The van der Waals surface area contributed by atoms with Crippen molar-refractivity contribution in [3.63, 3.8) is 0 Å². The van der Waals surface area contributed by atoms with E-state index in [0.29, 0.717) is 6.54 Å². The normalized spacial score (nSPS) is 26.2. The van der Waals surface area contributed by atoms with E-state index in [-0.39, 0.29) is 5.41 Å². The summed E-state index contributed by atoms with van der Waals surface area (Å²) in [7, 11) is 2.16. The Kier molecular flexibility index (Phi) is 3.24. The Labute approximate surface area is 102 Å². The summed E-state index contributed by atoms with van der Waals surface area (Å²) < 4.78 is 0. The van der Waals surface area contributed by atoms with Crippen LogP contribution in [-0.2, 0) is 5.41 Å². The lowest BCUT2D eigenvalue weighted by Gasteiger charge is -2.29. The molecular formula is C13H19ClN2. The molecule has 2 nitrogen and oxygen atoms in total. The van der Waals surface area contributed by atoms with Gasteiger partial charge in [-0.25, -0.2) is 0 Å². The van der Waals surface area contributed by atoms with Crippen LogP contribution in [0.2, 0.25) is 5.02 Å². The summed E-state index contributed by atoms with van der Waals surface area (Å²) in [4.78, 5) is 2.35. The number of hydrogen-bond donors (Lipinski definition) is 1. The Morgan fingerprint density at radius 1 is 1.50 bits per heavy atom. The number of nitrogens with two attached hydrogens (primary N) is 1. The smallest absolute Gasteiger partial charge is 0.0408 e. The molecule has 2 rings (SSSR count). The fourth-order valence-electron chi connectivity index (χ4n) is 2.80. The van der Waals surface area contributed by atoms with Gasteiger partial charge in [0.25, 0.3) is 0 Å². The number of hydrogen-bond acceptors (Lipinski definition) is 2. The van der Waals surface area contributed by atoms with E-state index in [1.165, 1.54) is 11.1 Å². The topological polar surface area (TPSA) is 29.3 Å². The van der Waals surface area contributed by atoms with Gasteiger partial charge in [-0.15, -0.1) is 0 Å². The fourth-order valence-corrected chi connectivity index (χ4v) is 3.02. The number of benzene rings is 1. The maximum Gasteiger partial charge on any atom is 0.0408 e. The number of rotatable bonds is 2. The molecular weight excluding hydrogens is 220 g/mol. The van der Waals surface area contributed by atoms with Crippen molar-refractivity contribution in [3.8, 4) is 0 Å². The molecule has 1 unspecified atom stereocenters. The first-order valence-corrected chi connectivity index (χ1v) is 6.10. The van der Waals surface area contributed by atoms with Crippen molar-refractivity contribution < 1.29 is 0 Å². The predicted molar refractivity (Wildman–Crippen MR) is 69.0 cm³/mol. The quantitative estimate of drug-likeness (QED) is 0.856. The number of halogens is 1. The monoisotopic (exact) mass is 238 g/mol. The van der Waals surface area contributed by atoms with Crippen LogP contribution in [0.25, 0.3) is 0 Å². The van der Waals surface area contributed by atoms with Gasteiger partial charge in [0, 0.05) is 23.5 Å². The second-order valence-electron chi connectivity index (χ2n) is 4.93. The standard InChI is InChI=1S/C13H19ClN2/c1-10-7-11(14)3-4-12(10)13(8-15)5-6-16(2)9-13/h3-4,7H,5-6,8-9,15H2,1-2H3. The average Bonchev–Trinajstić information content (AvgIpc) is 2.61. The van der Waals surface area contributed by atoms with Crippen LogP contribution in [0.4, 0.5) is 0 Å². The molecule has 0 spiro atoms. The van der Waals surface area contributed by atoms with Gasteiger partial charge in [-0.05, 0) is 50.2 Å². The van der Waals surface area contributed by atoms with Gasteiger partial charge in [-0.2, -0.15) is 0 Å². The first kappa shape index (κ1) is 11.9. The van der Waals surface area contributed by atoms with Crippen molar-refractivity contribution in [1.29, 1.82) is 0 Å². The molecule has 1 heterocycles. The van der Waals surface area contributed by atoms with Gasteiger partial charge >= 0.3 is 0 Å². The molecule has 1 atom stereocenters. The molecule has 1 saturated heterocycles. The molecule has 16 heavy (non-hydrogen) atoms. The Hall–Kier alpha value is -0.570. The third-order valence-corrected chi connectivity index (χ3v) is 3.93. The van der Waals surface area contributed by atoms with Gasteiger partial charge in [0.15, 0.2) is 0 Å². The summed E-state index contributed by atoms with van der Waals surface area (Å²) in [6, 6.07) is 6.15. The lowest BCUT2D eigenvalue weighted by molar-refractivity contribution is 0.370. The molecule has 0 amide bonds. The summed E-state index contributed by atoms with van der Waals surface area (Å²) in [6.45, 7) is 5.00. The molecule has 1 aliphatic rings. The number of nitrogens with zero attached hydrogens (tertiary/aromatic N) is 1. The minimum atomic E-state index is 0.128. The highest BCUT2D eigenvalue weighted by atomic mass is 35.5. The van der Waals surface area contributed by atoms with Crippen LogP contribution >= 0.6 is 11.6 Å². The van der Waals surface area contributed by atoms with Crippen LogP contribution in [0.1, 0.15) is 17.5 Å². The maximum absolute atomic E-state index is 6.01. The van der Waals surface area contributed by atoms with E-state index in [1.807, 2.05) is 12.1 Å². The van der Waals surface area contributed by atoms with E-state index < -0.39 is 0 Å². The van der Waals surface area contributed by atoms with E-state index in [1.54, 1.807) is 0 Å². The highest BCUT2D eigenvalue weighted by Crippen LogP contribution is 2.35. The summed E-state index contributed by atoms with van der Waals surface area (Å²) in [5.74, 6) is 0. The molecule has 1 aliphatic heterocycles. The summed E-state index contributed by atoms with van der Waals surface area (Å²) in [5.41, 5.74) is 8.76. The Bertz CT molecular complexity index is 392. The molecule has 0 aromatic heterocycles. The molecule has 88 valence electrons. The number of likely N-dealkylation sites (N-methyl/N-ethyl adjacent to an activating group) is 1. The zero-order chi connectivity index (χ0) is 11.8. The van der Waals surface area contributed by atoms with Crippen LogP contribution in [0.5, 0.6) is 0 Å². The van der Waals surface area contributed by atoms with E-state index in [4.69, 9.17) is 17.3 Å². The Morgan fingerprint density at radius 2 is 2.25 bits per heavy atom. The largest absolute Gasteiger partial charge is 0.330 e. The third kappa shape index (κ3) is 1.97. The lowest BCUT2D eigenvalue weighted by atomic mass is 9.77. The van der Waals surface area contributed by atoms with Crippen molar-refractivity contribution in [3.05, 3.63) is 34.3 Å². The van der Waals surface area contributed by atoms with Crippen LogP contribution in [0.15, 0.2) is 18.2 Å². The zero-order valence-electron chi connectivity index (χ0n) is 9.96. The lowest BCUT2D eigenvalue weighted by Crippen LogP contribution is -2.38. The second-order valence-corrected chi connectivity index (χ2v) is 5.37. The van der Waals surface area contributed by atoms with Gasteiger partial charge in [0.1, 0.15) is 0 Å².